The van der Waals surface area contributed by atoms with E-state index in [1.165, 1.54) is 0 Å². The first-order chi connectivity index (χ1) is 9.25. The van der Waals surface area contributed by atoms with Crippen LogP contribution in [0.4, 0.5) is 0 Å². The zero-order chi connectivity index (χ0) is 13.2. The van der Waals surface area contributed by atoms with Gasteiger partial charge in [0.25, 0.3) is 0 Å². The summed E-state index contributed by atoms with van der Waals surface area (Å²) >= 11 is 0. The fourth-order valence-corrected chi connectivity index (χ4v) is 2.65. The Bertz CT molecular complexity index is 620. The summed E-state index contributed by atoms with van der Waals surface area (Å²) < 4.78 is 0. The van der Waals surface area contributed by atoms with E-state index in [0.29, 0.717) is 5.56 Å². The summed E-state index contributed by atoms with van der Waals surface area (Å²) in [6.07, 6.45) is 3.87. The lowest BCUT2D eigenvalue weighted by Crippen LogP contribution is -2.13. The van der Waals surface area contributed by atoms with Crippen LogP contribution in [0.2, 0.25) is 0 Å². The molecule has 2 aromatic rings. The number of carboxylic acid groups (broad SMARTS) is 1. The Labute approximate surface area is 111 Å². The van der Waals surface area contributed by atoms with E-state index in [9.17, 15) is 9.90 Å². The maximum atomic E-state index is 11.4. The van der Waals surface area contributed by atoms with E-state index in [-0.39, 0.29) is 0 Å². The molecule has 3 nitrogen and oxygen atoms in total. The summed E-state index contributed by atoms with van der Waals surface area (Å²) in [6.45, 7) is 0. The number of carbonyl (C=O) groups is 1. The van der Waals surface area contributed by atoms with E-state index in [1.54, 1.807) is 6.07 Å². The van der Waals surface area contributed by atoms with Gasteiger partial charge in [-0.2, -0.15) is 0 Å². The third kappa shape index (κ3) is 2.24. The van der Waals surface area contributed by atoms with Crippen LogP contribution in [-0.2, 0) is 12.8 Å². The summed E-state index contributed by atoms with van der Waals surface area (Å²) in [5.74, 6) is -0.849. The molecular weight excluding hydrogens is 238 g/mol. The maximum absolute atomic E-state index is 11.4. The Hall–Kier alpha value is -2.16. The van der Waals surface area contributed by atoms with Gasteiger partial charge < -0.3 is 5.11 Å². The number of aromatic carboxylic acids is 1. The van der Waals surface area contributed by atoms with Crippen LogP contribution in [-0.4, -0.2) is 16.1 Å². The number of hydrogen-bond donors (Lipinski definition) is 1. The first-order valence-corrected chi connectivity index (χ1v) is 6.57. The van der Waals surface area contributed by atoms with E-state index in [0.717, 1.165) is 48.2 Å². The molecule has 1 N–H and O–H groups in total. The van der Waals surface area contributed by atoms with E-state index in [1.807, 2.05) is 30.3 Å². The molecule has 0 bridgehead atoms. The Kier molecular flexibility index (Phi) is 3.03. The molecule has 1 aliphatic rings. The molecule has 1 aromatic heterocycles. The second-order valence-electron chi connectivity index (χ2n) is 4.86. The van der Waals surface area contributed by atoms with Gasteiger partial charge in [0.05, 0.1) is 11.3 Å². The van der Waals surface area contributed by atoms with Gasteiger partial charge in [-0.3, -0.25) is 4.98 Å². The Balaban J connectivity index is 2.17. The van der Waals surface area contributed by atoms with Crippen LogP contribution in [0.25, 0.3) is 11.3 Å². The minimum absolute atomic E-state index is 0.420. The monoisotopic (exact) mass is 253 g/mol. The molecule has 0 aliphatic heterocycles. The molecule has 0 atom stereocenters. The van der Waals surface area contributed by atoms with Gasteiger partial charge in [0.1, 0.15) is 0 Å². The standard InChI is InChI=1S/C16H15NO2/c18-16(19)13-10-15(11-6-2-1-3-7-11)17-14-9-5-4-8-12(13)14/h1-3,6-7,10H,4-5,8-9H2,(H,18,19). The lowest BCUT2D eigenvalue weighted by Gasteiger charge is -2.18. The molecule has 96 valence electrons. The number of hydrogen-bond acceptors (Lipinski definition) is 2. The zero-order valence-corrected chi connectivity index (χ0v) is 10.6. The average molecular weight is 253 g/mol. The molecule has 0 saturated carbocycles. The number of aromatic nitrogens is 1. The fourth-order valence-electron chi connectivity index (χ4n) is 2.65. The van der Waals surface area contributed by atoms with E-state index >= 15 is 0 Å². The highest BCUT2D eigenvalue weighted by atomic mass is 16.4. The molecule has 1 aromatic carbocycles. The van der Waals surface area contributed by atoms with Gasteiger partial charge in [-0.15, -0.1) is 0 Å². The van der Waals surface area contributed by atoms with Crippen LogP contribution in [0, 0.1) is 0 Å². The van der Waals surface area contributed by atoms with Crippen molar-refractivity contribution in [3.8, 4) is 11.3 Å². The largest absolute Gasteiger partial charge is 0.478 e. The summed E-state index contributed by atoms with van der Waals surface area (Å²) in [4.78, 5) is 16.1. The highest BCUT2D eigenvalue weighted by molar-refractivity contribution is 5.91. The van der Waals surface area contributed by atoms with Gasteiger partial charge in [0, 0.05) is 11.3 Å². The van der Waals surface area contributed by atoms with Gasteiger partial charge in [-0.1, -0.05) is 30.3 Å². The lowest BCUT2D eigenvalue weighted by molar-refractivity contribution is 0.0695. The van der Waals surface area contributed by atoms with Crippen LogP contribution in [0.1, 0.15) is 34.5 Å². The number of fused-ring (bicyclic) bond motifs is 1. The first kappa shape index (κ1) is 11.9. The van der Waals surface area contributed by atoms with Crippen molar-refractivity contribution in [3.63, 3.8) is 0 Å². The van der Waals surface area contributed by atoms with Gasteiger partial charge in [0.15, 0.2) is 0 Å². The van der Waals surface area contributed by atoms with Crippen molar-refractivity contribution in [2.24, 2.45) is 0 Å². The predicted octanol–water partition coefficient (Wildman–Crippen LogP) is 3.33. The van der Waals surface area contributed by atoms with Crippen molar-refractivity contribution in [3.05, 3.63) is 53.2 Å². The van der Waals surface area contributed by atoms with Crippen LogP contribution >= 0.6 is 0 Å². The van der Waals surface area contributed by atoms with Crippen molar-refractivity contribution < 1.29 is 9.90 Å². The molecule has 0 fully saturated rings. The number of nitrogens with zero attached hydrogens (tertiary/aromatic N) is 1. The highest BCUT2D eigenvalue weighted by Crippen LogP contribution is 2.27. The Morgan fingerprint density at radius 2 is 1.84 bits per heavy atom. The van der Waals surface area contributed by atoms with Crippen molar-refractivity contribution in [2.45, 2.75) is 25.7 Å². The number of rotatable bonds is 2. The molecule has 0 saturated heterocycles. The van der Waals surface area contributed by atoms with Gasteiger partial charge in [0.2, 0.25) is 0 Å². The van der Waals surface area contributed by atoms with Crippen LogP contribution < -0.4 is 0 Å². The van der Waals surface area contributed by atoms with Gasteiger partial charge >= 0.3 is 5.97 Å². The molecule has 19 heavy (non-hydrogen) atoms. The first-order valence-electron chi connectivity index (χ1n) is 6.57. The van der Waals surface area contributed by atoms with E-state index in [2.05, 4.69) is 4.98 Å². The highest BCUT2D eigenvalue weighted by Gasteiger charge is 2.20. The summed E-state index contributed by atoms with van der Waals surface area (Å²) in [5.41, 5.74) is 4.05. The smallest absolute Gasteiger partial charge is 0.336 e. The Morgan fingerprint density at radius 3 is 2.58 bits per heavy atom. The van der Waals surface area contributed by atoms with E-state index < -0.39 is 5.97 Å². The molecule has 0 amide bonds. The molecule has 0 radical (unpaired) electrons. The molecule has 1 aliphatic carbocycles. The SMILES string of the molecule is O=C(O)c1cc(-c2ccccc2)nc2c1CCCC2. The lowest BCUT2D eigenvalue weighted by atomic mass is 9.91. The van der Waals surface area contributed by atoms with Crippen molar-refractivity contribution in [1.82, 2.24) is 4.98 Å². The predicted molar refractivity (Wildman–Crippen MR) is 73.3 cm³/mol. The van der Waals surface area contributed by atoms with E-state index in [4.69, 9.17) is 0 Å². The van der Waals surface area contributed by atoms with Crippen molar-refractivity contribution in [1.29, 1.82) is 0 Å². The number of carboxylic acids is 1. The molecule has 3 rings (SSSR count). The average Bonchev–Trinajstić information content (AvgIpc) is 2.47. The summed E-state index contributed by atoms with van der Waals surface area (Å²) in [6, 6.07) is 11.5. The third-order valence-corrected chi connectivity index (χ3v) is 3.60. The van der Waals surface area contributed by atoms with Gasteiger partial charge in [-0.05, 0) is 37.3 Å². The maximum Gasteiger partial charge on any atom is 0.336 e. The van der Waals surface area contributed by atoms with Crippen LogP contribution in [0.15, 0.2) is 36.4 Å². The second kappa shape index (κ2) is 4.84. The Morgan fingerprint density at radius 1 is 1.11 bits per heavy atom. The molecule has 1 heterocycles. The minimum Gasteiger partial charge on any atom is -0.478 e. The molecule has 0 unspecified atom stereocenters. The van der Waals surface area contributed by atoms with Crippen LogP contribution in [0.3, 0.4) is 0 Å². The van der Waals surface area contributed by atoms with Crippen LogP contribution in [0.5, 0.6) is 0 Å². The summed E-state index contributed by atoms with van der Waals surface area (Å²) in [7, 11) is 0. The minimum atomic E-state index is -0.849. The number of pyridine rings is 1. The molecule has 3 heteroatoms. The fraction of sp³-hybridized carbons (Fsp3) is 0.250. The third-order valence-electron chi connectivity index (χ3n) is 3.60. The zero-order valence-electron chi connectivity index (χ0n) is 10.6. The number of benzene rings is 1. The molecule has 0 spiro atoms. The summed E-state index contributed by atoms with van der Waals surface area (Å²) in [5, 5.41) is 9.38. The normalized spacial score (nSPS) is 13.9. The quantitative estimate of drug-likeness (QED) is 0.893. The van der Waals surface area contributed by atoms with Crippen molar-refractivity contribution in [2.75, 3.05) is 0 Å². The topological polar surface area (TPSA) is 50.2 Å². The van der Waals surface area contributed by atoms with Crippen molar-refractivity contribution >= 4 is 5.97 Å². The number of aryl methyl sites for hydroxylation is 1. The molecular formula is C16H15NO2. The second-order valence-corrected chi connectivity index (χ2v) is 4.86. The van der Waals surface area contributed by atoms with Gasteiger partial charge in [-0.25, -0.2) is 4.79 Å².